The van der Waals surface area contributed by atoms with Gasteiger partial charge in [-0.05, 0) is 0 Å². The molecule has 0 spiro atoms. The molecular weight excluding hydrogens is 504 g/mol. The Morgan fingerprint density at radius 3 is 2.55 bits per heavy atom. The summed E-state index contributed by atoms with van der Waals surface area (Å²) in [5.74, 6) is -4.47. The van der Waals surface area contributed by atoms with Crippen LogP contribution in [0, 0.1) is 0 Å². The van der Waals surface area contributed by atoms with Gasteiger partial charge in [0.1, 0.15) is 23.7 Å². The molecule has 3 amide bonds. The molecule has 2 aliphatic rings. The SMILES string of the molecule is CNC(=O)ON=C(C(=O)CBr)C(=O)NC1C(=O)N2C(C(=O)O)=C(COC(C)=O)CS[C@@H]12. The number of alkyl halides is 1. The zero-order chi connectivity index (χ0) is 23.3. The Labute approximate surface area is 187 Å². The molecule has 1 saturated heterocycles. The first-order valence-electron chi connectivity index (χ1n) is 8.52. The number of hydrogen-bond acceptors (Lipinski definition) is 10. The normalized spacial score (nSPS) is 20.3. The fraction of sp³-hybridized carbons (Fsp3) is 0.438. The van der Waals surface area contributed by atoms with E-state index >= 15 is 0 Å². The van der Waals surface area contributed by atoms with Gasteiger partial charge in [-0.15, -0.1) is 11.8 Å². The monoisotopic (exact) mass is 520 g/mol. The van der Waals surface area contributed by atoms with Gasteiger partial charge in [-0.25, -0.2) is 9.59 Å². The number of hydrogen-bond donors (Lipinski definition) is 3. The zero-order valence-corrected chi connectivity index (χ0v) is 18.6. The average Bonchev–Trinajstić information content (AvgIpc) is 2.74. The molecule has 0 bridgehead atoms. The maximum Gasteiger partial charge on any atom is 0.433 e. The van der Waals surface area contributed by atoms with Crippen molar-refractivity contribution in [1.82, 2.24) is 15.5 Å². The van der Waals surface area contributed by atoms with Crippen molar-refractivity contribution in [2.24, 2.45) is 5.16 Å². The number of nitrogens with zero attached hydrogens (tertiary/aromatic N) is 2. The summed E-state index contributed by atoms with van der Waals surface area (Å²) in [5, 5.41) is 16.1. The van der Waals surface area contributed by atoms with E-state index in [0.717, 1.165) is 16.7 Å². The van der Waals surface area contributed by atoms with Gasteiger partial charge in [-0.1, -0.05) is 21.1 Å². The van der Waals surface area contributed by atoms with Crippen LogP contribution in [0.4, 0.5) is 4.79 Å². The third kappa shape index (κ3) is 5.41. The highest BCUT2D eigenvalue weighted by atomic mass is 79.9. The molecule has 168 valence electrons. The van der Waals surface area contributed by atoms with Crippen molar-refractivity contribution in [2.75, 3.05) is 24.7 Å². The molecule has 0 aliphatic carbocycles. The average molecular weight is 521 g/mol. The third-order valence-electron chi connectivity index (χ3n) is 4.01. The smallest absolute Gasteiger partial charge is 0.433 e. The van der Waals surface area contributed by atoms with E-state index in [2.05, 4.69) is 36.6 Å². The van der Waals surface area contributed by atoms with Crippen LogP contribution >= 0.6 is 27.7 Å². The largest absolute Gasteiger partial charge is 0.477 e. The van der Waals surface area contributed by atoms with E-state index in [1.807, 2.05) is 0 Å². The standard InChI is InChI=1S/C16H17BrN4O9S/c1-6(22)29-4-7-5-31-14-10(13(25)21(14)11(7)15(26)27)19-12(24)9(8(23)3-17)20-30-16(28)18-2/h10,14H,3-5H2,1-2H3,(H,18,28)(H,19,24)(H,26,27)/t10?,14-/m0/s1. The Bertz CT molecular complexity index is 904. The fourth-order valence-electron chi connectivity index (χ4n) is 2.61. The van der Waals surface area contributed by atoms with Crippen LogP contribution in [0.1, 0.15) is 6.92 Å². The van der Waals surface area contributed by atoms with Gasteiger partial charge in [0.05, 0.1) is 5.33 Å². The predicted molar refractivity (Wildman–Crippen MR) is 108 cm³/mol. The molecule has 13 nitrogen and oxygen atoms in total. The molecule has 1 unspecified atom stereocenters. The first-order chi connectivity index (χ1) is 14.6. The summed E-state index contributed by atoms with van der Waals surface area (Å²) in [4.78, 5) is 76.2. The number of halogens is 1. The van der Waals surface area contributed by atoms with E-state index in [1.54, 1.807) is 0 Å². The van der Waals surface area contributed by atoms with E-state index < -0.39 is 52.8 Å². The maximum absolute atomic E-state index is 12.6. The second kappa shape index (κ2) is 10.4. The molecule has 1 fully saturated rings. The molecule has 0 aromatic rings. The quantitative estimate of drug-likeness (QED) is 0.0679. The minimum Gasteiger partial charge on any atom is -0.477 e. The number of Topliss-reactive ketones (excluding diaryl/α,β-unsaturated/α-hetero) is 1. The van der Waals surface area contributed by atoms with Crippen LogP contribution in [0.3, 0.4) is 0 Å². The van der Waals surface area contributed by atoms with Crippen LogP contribution in [0.5, 0.6) is 0 Å². The Balaban J connectivity index is 2.18. The summed E-state index contributed by atoms with van der Waals surface area (Å²) in [6.45, 7) is 0.881. The Hall–Kier alpha value is -2.94. The Morgan fingerprint density at radius 1 is 1.32 bits per heavy atom. The second-order valence-corrected chi connectivity index (χ2v) is 7.69. The lowest BCUT2D eigenvalue weighted by atomic mass is 10.0. The number of oxime groups is 1. The van der Waals surface area contributed by atoms with Crippen molar-refractivity contribution in [1.29, 1.82) is 0 Å². The number of β-lactam (4-membered cyclic amide) rings is 1. The minimum absolute atomic E-state index is 0.136. The molecule has 3 N–H and O–H groups in total. The van der Waals surface area contributed by atoms with Gasteiger partial charge in [-0.3, -0.25) is 28.9 Å². The summed E-state index contributed by atoms with van der Waals surface area (Å²) in [6, 6.07) is -1.14. The number of rotatable bonds is 8. The molecule has 2 rings (SSSR count). The molecule has 0 radical (unpaired) electrons. The van der Waals surface area contributed by atoms with Gasteiger partial charge >= 0.3 is 18.0 Å². The first kappa shape index (κ1) is 24.3. The lowest BCUT2D eigenvalue weighted by Crippen LogP contribution is -2.71. The summed E-state index contributed by atoms with van der Waals surface area (Å²) in [6.07, 6.45) is -1.02. The van der Waals surface area contributed by atoms with Gasteiger partial charge in [0.25, 0.3) is 11.8 Å². The van der Waals surface area contributed by atoms with Crippen LogP contribution in [0.15, 0.2) is 16.4 Å². The minimum atomic E-state index is -1.39. The maximum atomic E-state index is 12.6. The molecule has 2 aliphatic heterocycles. The number of carbonyl (C=O) groups is 6. The van der Waals surface area contributed by atoms with Crippen molar-refractivity contribution in [3.05, 3.63) is 11.3 Å². The number of amides is 3. The molecule has 15 heteroatoms. The molecule has 2 heterocycles. The number of aliphatic carboxylic acids is 1. The van der Waals surface area contributed by atoms with E-state index in [-0.39, 0.29) is 29.0 Å². The van der Waals surface area contributed by atoms with Gasteiger partial charge < -0.3 is 20.5 Å². The first-order valence-corrected chi connectivity index (χ1v) is 10.7. The van der Waals surface area contributed by atoms with Crippen LogP contribution < -0.4 is 10.6 Å². The predicted octanol–water partition coefficient (Wildman–Crippen LogP) is -1.04. The van der Waals surface area contributed by atoms with E-state index in [1.165, 1.54) is 14.0 Å². The second-order valence-electron chi connectivity index (χ2n) is 6.02. The number of carbonyl (C=O) groups excluding carboxylic acids is 5. The number of fused-ring (bicyclic) bond motifs is 1. The highest BCUT2D eigenvalue weighted by Crippen LogP contribution is 2.40. The van der Waals surface area contributed by atoms with Crippen LogP contribution in [0.2, 0.25) is 0 Å². The highest BCUT2D eigenvalue weighted by molar-refractivity contribution is 9.09. The lowest BCUT2D eigenvalue weighted by molar-refractivity contribution is -0.150. The third-order valence-corrected chi connectivity index (χ3v) is 5.86. The van der Waals surface area contributed by atoms with Crippen molar-refractivity contribution in [2.45, 2.75) is 18.3 Å². The van der Waals surface area contributed by atoms with E-state index in [0.29, 0.717) is 0 Å². The molecule has 0 aromatic heterocycles. The van der Waals surface area contributed by atoms with Crippen LogP contribution in [-0.2, 0) is 33.5 Å². The molecule has 0 saturated carbocycles. The van der Waals surface area contributed by atoms with Gasteiger partial charge in [0, 0.05) is 25.3 Å². The molecular formula is C16H17BrN4O9S. The van der Waals surface area contributed by atoms with Crippen LogP contribution in [-0.4, -0.2) is 87.5 Å². The number of carboxylic acid groups (broad SMARTS) is 1. The summed E-state index contributed by atoms with van der Waals surface area (Å²) in [7, 11) is 1.25. The lowest BCUT2D eigenvalue weighted by Gasteiger charge is -2.49. The van der Waals surface area contributed by atoms with Crippen molar-refractivity contribution >= 4 is 69.0 Å². The van der Waals surface area contributed by atoms with Gasteiger partial charge in [-0.2, -0.15) is 0 Å². The highest BCUT2D eigenvalue weighted by Gasteiger charge is 2.54. The van der Waals surface area contributed by atoms with Crippen molar-refractivity contribution in [3.63, 3.8) is 0 Å². The summed E-state index contributed by atoms with van der Waals surface area (Å²) >= 11 is 4.02. The molecule has 31 heavy (non-hydrogen) atoms. The Morgan fingerprint density at radius 2 is 2.00 bits per heavy atom. The van der Waals surface area contributed by atoms with Gasteiger partial charge in [0.2, 0.25) is 11.5 Å². The molecule has 0 aromatic carbocycles. The van der Waals surface area contributed by atoms with E-state index in [9.17, 15) is 33.9 Å². The Kier molecular flexibility index (Phi) is 8.15. The zero-order valence-electron chi connectivity index (χ0n) is 16.2. The van der Waals surface area contributed by atoms with Gasteiger partial charge in [0.15, 0.2) is 0 Å². The molecule has 2 atom stereocenters. The number of carboxylic acids is 1. The topological polar surface area (TPSA) is 181 Å². The van der Waals surface area contributed by atoms with E-state index in [4.69, 9.17) is 4.74 Å². The number of esters is 1. The number of ether oxygens (including phenoxy) is 1. The summed E-state index contributed by atoms with van der Waals surface area (Å²) in [5.41, 5.74) is -0.844. The number of ketones is 1. The fourth-order valence-corrected chi connectivity index (χ4v) is 4.20. The summed E-state index contributed by atoms with van der Waals surface area (Å²) < 4.78 is 4.84. The number of nitrogens with one attached hydrogen (secondary N) is 2. The van der Waals surface area contributed by atoms with Crippen LogP contribution in [0.25, 0.3) is 0 Å². The van der Waals surface area contributed by atoms with Crippen molar-refractivity contribution in [3.8, 4) is 0 Å². The number of thioether (sulfide) groups is 1. The van der Waals surface area contributed by atoms with Crippen molar-refractivity contribution < 1.29 is 43.4 Å².